The molecule has 0 atom stereocenters. The Bertz CT molecular complexity index is 545. The topological polar surface area (TPSA) is 72.5 Å². The zero-order chi connectivity index (χ0) is 13.8. The molecule has 1 rings (SSSR count). The largest absolute Gasteiger partial charge is 0.492 e. The highest BCUT2D eigenvalue weighted by Crippen LogP contribution is 2.29. The maximum atomic E-state index is 11.3. The highest BCUT2D eigenvalue weighted by Gasteiger charge is 2.17. The van der Waals surface area contributed by atoms with E-state index in [0.717, 1.165) is 0 Å². The van der Waals surface area contributed by atoms with Crippen molar-refractivity contribution < 1.29 is 17.9 Å². The number of hydrogen-bond donors (Lipinski definition) is 1. The number of amides is 1. The number of benzene rings is 1. The molecular weight excluding hydrogens is 301 g/mol. The molecule has 8 heteroatoms. The number of carbonyl (C=O) groups excluding carboxylic acids is 1. The molecule has 0 radical (unpaired) electrons. The minimum absolute atomic E-state index is 0.0424. The average molecular weight is 312 g/mol. The van der Waals surface area contributed by atoms with Gasteiger partial charge in [0, 0.05) is 22.8 Å². The first-order valence-electron chi connectivity index (χ1n) is 4.92. The molecule has 0 saturated heterocycles. The van der Waals surface area contributed by atoms with Crippen LogP contribution in [0.4, 0.5) is 0 Å². The number of rotatable bonds is 5. The molecule has 1 aromatic carbocycles. The normalized spacial score (nSPS) is 11.1. The molecular formula is C10H11Cl2NO4S. The molecule has 1 aromatic rings. The highest BCUT2D eigenvalue weighted by atomic mass is 35.7. The molecule has 0 spiro atoms. The van der Waals surface area contributed by atoms with Gasteiger partial charge in [0.2, 0.25) is 5.91 Å². The van der Waals surface area contributed by atoms with E-state index in [-0.39, 0.29) is 34.6 Å². The van der Waals surface area contributed by atoms with E-state index in [4.69, 9.17) is 27.0 Å². The molecule has 100 valence electrons. The first-order chi connectivity index (χ1) is 8.34. The molecule has 0 aliphatic rings. The van der Waals surface area contributed by atoms with Crippen LogP contribution < -0.4 is 10.1 Å². The molecule has 0 saturated carbocycles. The van der Waals surface area contributed by atoms with E-state index in [1.165, 1.54) is 25.2 Å². The predicted molar refractivity (Wildman–Crippen MR) is 68.7 cm³/mol. The van der Waals surface area contributed by atoms with Crippen molar-refractivity contribution in [2.75, 3.05) is 13.7 Å². The van der Waals surface area contributed by atoms with Crippen molar-refractivity contribution in [1.29, 1.82) is 0 Å². The molecule has 0 bridgehead atoms. The summed E-state index contributed by atoms with van der Waals surface area (Å²) in [7, 11) is 2.81. The number of ether oxygens (including phenoxy) is 1. The minimum Gasteiger partial charge on any atom is -0.492 e. The standard InChI is InChI=1S/C10H11Cl2NO4S/c1-13-10(14)4-5-17-8-3-2-7(11)6-9(8)18(12,15)16/h2-3,6H,4-5H2,1H3,(H,13,14). The Morgan fingerprint density at radius 3 is 2.67 bits per heavy atom. The fourth-order valence-corrected chi connectivity index (χ4v) is 2.40. The van der Waals surface area contributed by atoms with Crippen LogP contribution >= 0.6 is 22.3 Å². The van der Waals surface area contributed by atoms with Crippen LogP contribution in [0.15, 0.2) is 23.1 Å². The van der Waals surface area contributed by atoms with Gasteiger partial charge in [0.25, 0.3) is 9.05 Å². The third-order valence-corrected chi connectivity index (χ3v) is 3.61. The van der Waals surface area contributed by atoms with E-state index in [9.17, 15) is 13.2 Å². The minimum atomic E-state index is -3.95. The van der Waals surface area contributed by atoms with Gasteiger partial charge in [0.1, 0.15) is 10.6 Å². The van der Waals surface area contributed by atoms with Crippen LogP contribution in [0, 0.1) is 0 Å². The smallest absolute Gasteiger partial charge is 0.265 e. The Morgan fingerprint density at radius 2 is 2.11 bits per heavy atom. The summed E-state index contributed by atoms with van der Waals surface area (Å²) in [5.41, 5.74) is 0. The van der Waals surface area contributed by atoms with E-state index in [1.807, 2.05) is 0 Å². The first kappa shape index (κ1) is 15.1. The van der Waals surface area contributed by atoms with Gasteiger partial charge in [-0.15, -0.1) is 0 Å². The van der Waals surface area contributed by atoms with Gasteiger partial charge in [-0.25, -0.2) is 8.42 Å². The molecule has 1 amide bonds. The molecule has 0 aliphatic heterocycles. The second-order valence-electron chi connectivity index (χ2n) is 3.30. The van der Waals surface area contributed by atoms with Gasteiger partial charge in [0.05, 0.1) is 13.0 Å². The second-order valence-corrected chi connectivity index (χ2v) is 6.27. The van der Waals surface area contributed by atoms with Crippen LogP contribution in [-0.4, -0.2) is 28.0 Å². The molecule has 0 fully saturated rings. The zero-order valence-electron chi connectivity index (χ0n) is 9.44. The van der Waals surface area contributed by atoms with Crippen molar-refractivity contribution in [3.05, 3.63) is 23.2 Å². The Balaban J connectivity index is 2.86. The van der Waals surface area contributed by atoms with Gasteiger partial charge in [0.15, 0.2) is 0 Å². The lowest BCUT2D eigenvalue weighted by molar-refractivity contribution is -0.121. The van der Waals surface area contributed by atoms with Crippen molar-refractivity contribution >= 4 is 37.2 Å². The van der Waals surface area contributed by atoms with E-state index < -0.39 is 9.05 Å². The van der Waals surface area contributed by atoms with Crippen molar-refractivity contribution in [1.82, 2.24) is 5.32 Å². The van der Waals surface area contributed by atoms with E-state index in [2.05, 4.69) is 5.32 Å². The Morgan fingerprint density at radius 1 is 1.44 bits per heavy atom. The molecule has 5 nitrogen and oxygen atoms in total. The lowest BCUT2D eigenvalue weighted by Crippen LogP contribution is -2.20. The zero-order valence-corrected chi connectivity index (χ0v) is 11.8. The summed E-state index contributed by atoms with van der Waals surface area (Å²) in [5.74, 6) is -0.141. The van der Waals surface area contributed by atoms with Crippen molar-refractivity contribution in [3.8, 4) is 5.75 Å². The van der Waals surface area contributed by atoms with Gasteiger partial charge in [-0.1, -0.05) is 11.6 Å². The number of hydrogen-bond acceptors (Lipinski definition) is 4. The fraction of sp³-hybridized carbons (Fsp3) is 0.300. The van der Waals surface area contributed by atoms with Crippen LogP contribution in [-0.2, 0) is 13.8 Å². The Hall–Kier alpha value is -0.980. The summed E-state index contributed by atoms with van der Waals surface area (Å²) >= 11 is 5.69. The lowest BCUT2D eigenvalue weighted by Gasteiger charge is -2.09. The molecule has 0 aromatic heterocycles. The van der Waals surface area contributed by atoms with Gasteiger partial charge < -0.3 is 10.1 Å². The molecule has 0 heterocycles. The summed E-state index contributed by atoms with van der Waals surface area (Å²) in [6, 6.07) is 4.06. The quantitative estimate of drug-likeness (QED) is 0.841. The third-order valence-electron chi connectivity index (χ3n) is 2.03. The predicted octanol–water partition coefficient (Wildman–Crippen LogP) is 1.78. The van der Waals surface area contributed by atoms with Crippen LogP contribution in [0.25, 0.3) is 0 Å². The lowest BCUT2D eigenvalue weighted by atomic mass is 10.3. The molecule has 0 unspecified atom stereocenters. The monoisotopic (exact) mass is 311 g/mol. The average Bonchev–Trinajstić information content (AvgIpc) is 2.29. The Kier molecular flexibility index (Phi) is 5.25. The van der Waals surface area contributed by atoms with E-state index >= 15 is 0 Å². The second kappa shape index (κ2) is 6.26. The summed E-state index contributed by atoms with van der Waals surface area (Å²) in [4.78, 5) is 10.8. The summed E-state index contributed by atoms with van der Waals surface area (Å²) in [5, 5.41) is 2.65. The van der Waals surface area contributed by atoms with Gasteiger partial charge in [-0.3, -0.25) is 4.79 Å². The van der Waals surface area contributed by atoms with Gasteiger partial charge in [-0.05, 0) is 18.2 Å². The molecule has 0 aliphatic carbocycles. The van der Waals surface area contributed by atoms with Crippen molar-refractivity contribution in [2.45, 2.75) is 11.3 Å². The van der Waals surface area contributed by atoms with Gasteiger partial charge in [-0.2, -0.15) is 0 Å². The van der Waals surface area contributed by atoms with E-state index in [0.29, 0.717) is 0 Å². The molecule has 1 N–H and O–H groups in total. The molecule has 18 heavy (non-hydrogen) atoms. The SMILES string of the molecule is CNC(=O)CCOc1ccc(Cl)cc1S(=O)(=O)Cl. The highest BCUT2D eigenvalue weighted by molar-refractivity contribution is 8.13. The summed E-state index contributed by atoms with van der Waals surface area (Å²) in [6.45, 7) is 0.0424. The van der Waals surface area contributed by atoms with Crippen LogP contribution in [0.3, 0.4) is 0 Å². The van der Waals surface area contributed by atoms with Crippen LogP contribution in [0.2, 0.25) is 5.02 Å². The maximum Gasteiger partial charge on any atom is 0.265 e. The Labute approximate surface area is 114 Å². The van der Waals surface area contributed by atoms with E-state index in [1.54, 1.807) is 0 Å². The summed E-state index contributed by atoms with van der Waals surface area (Å²) in [6.07, 6.45) is 0.112. The number of carbonyl (C=O) groups is 1. The number of halogens is 2. The number of nitrogens with one attached hydrogen (secondary N) is 1. The fourth-order valence-electron chi connectivity index (χ4n) is 1.17. The van der Waals surface area contributed by atoms with Crippen molar-refractivity contribution in [2.24, 2.45) is 0 Å². The van der Waals surface area contributed by atoms with Crippen LogP contribution in [0.1, 0.15) is 6.42 Å². The van der Waals surface area contributed by atoms with Gasteiger partial charge >= 0.3 is 0 Å². The third kappa shape index (κ3) is 4.36. The first-order valence-corrected chi connectivity index (χ1v) is 7.61. The van der Waals surface area contributed by atoms with Crippen LogP contribution in [0.5, 0.6) is 5.75 Å². The van der Waals surface area contributed by atoms with Crippen molar-refractivity contribution in [3.63, 3.8) is 0 Å². The summed E-state index contributed by atoms with van der Waals surface area (Å²) < 4.78 is 27.8. The maximum absolute atomic E-state index is 11.3.